The summed E-state index contributed by atoms with van der Waals surface area (Å²) < 4.78 is 0. The number of aliphatic hydroxyl groups excluding tert-OH is 1. The largest absolute Gasteiger partial charge is 0.398 e. The Bertz CT molecular complexity index is 286. The Morgan fingerprint density at radius 3 is 2.77 bits per heavy atom. The molecule has 1 aromatic carbocycles. The van der Waals surface area contributed by atoms with Crippen molar-refractivity contribution in [2.75, 3.05) is 30.8 Å². The molecule has 1 rings (SSSR count). The minimum absolute atomic E-state index is 0.157. The molecule has 0 fully saturated rings. The molecule has 0 aliphatic carbocycles. The molecule has 0 atom stereocenters. The van der Waals surface area contributed by atoms with E-state index in [0.29, 0.717) is 6.54 Å². The number of aliphatic hydroxyl groups is 1. The van der Waals surface area contributed by atoms with Crippen molar-refractivity contribution >= 4 is 11.4 Å². The summed E-state index contributed by atoms with van der Waals surface area (Å²) >= 11 is 0. The zero-order chi connectivity index (χ0) is 9.84. The van der Waals surface area contributed by atoms with Gasteiger partial charge < -0.3 is 15.7 Å². The van der Waals surface area contributed by atoms with Gasteiger partial charge in [0.05, 0.1) is 6.61 Å². The highest BCUT2D eigenvalue weighted by Gasteiger charge is 2.04. The zero-order valence-corrected chi connectivity index (χ0v) is 8.12. The monoisotopic (exact) mass is 180 g/mol. The van der Waals surface area contributed by atoms with E-state index in [1.807, 2.05) is 37.1 Å². The molecule has 72 valence electrons. The van der Waals surface area contributed by atoms with Crippen LogP contribution in [0.15, 0.2) is 18.2 Å². The van der Waals surface area contributed by atoms with Crippen LogP contribution in [0.5, 0.6) is 0 Å². The number of nitrogens with zero attached hydrogens (tertiary/aromatic N) is 1. The van der Waals surface area contributed by atoms with Crippen LogP contribution in [0.2, 0.25) is 0 Å². The maximum Gasteiger partial charge on any atom is 0.0606 e. The van der Waals surface area contributed by atoms with Crippen LogP contribution in [0.3, 0.4) is 0 Å². The number of hydrogen-bond donors (Lipinski definition) is 2. The van der Waals surface area contributed by atoms with Gasteiger partial charge in [-0.3, -0.25) is 0 Å². The number of likely N-dealkylation sites (N-methyl/N-ethyl adjacent to an activating group) is 1. The molecule has 0 aliphatic heterocycles. The van der Waals surface area contributed by atoms with Gasteiger partial charge in [-0.15, -0.1) is 0 Å². The van der Waals surface area contributed by atoms with E-state index in [9.17, 15) is 0 Å². The number of nitrogens with two attached hydrogens (primary N) is 1. The SMILES string of the molecule is Cc1c(N)cccc1N(C)CCO. The molecule has 0 heterocycles. The number of anilines is 2. The van der Waals surface area contributed by atoms with E-state index in [2.05, 4.69) is 0 Å². The second-order valence-electron chi connectivity index (χ2n) is 3.14. The number of rotatable bonds is 3. The summed E-state index contributed by atoms with van der Waals surface area (Å²) in [6, 6.07) is 5.80. The lowest BCUT2D eigenvalue weighted by molar-refractivity contribution is 0.304. The summed E-state index contributed by atoms with van der Waals surface area (Å²) in [5, 5.41) is 8.79. The fraction of sp³-hybridized carbons (Fsp3) is 0.400. The van der Waals surface area contributed by atoms with Crippen molar-refractivity contribution in [3.63, 3.8) is 0 Å². The maximum absolute atomic E-state index is 8.79. The van der Waals surface area contributed by atoms with Crippen molar-refractivity contribution in [1.29, 1.82) is 0 Å². The highest BCUT2D eigenvalue weighted by atomic mass is 16.3. The molecule has 0 amide bonds. The van der Waals surface area contributed by atoms with Crippen LogP contribution >= 0.6 is 0 Å². The second-order valence-corrected chi connectivity index (χ2v) is 3.14. The molecule has 0 aliphatic rings. The van der Waals surface area contributed by atoms with Crippen LogP contribution in [0, 0.1) is 6.92 Å². The van der Waals surface area contributed by atoms with Gasteiger partial charge in [-0.2, -0.15) is 0 Å². The van der Waals surface area contributed by atoms with Crippen molar-refractivity contribution in [3.05, 3.63) is 23.8 Å². The third-order valence-corrected chi connectivity index (χ3v) is 2.19. The Morgan fingerprint density at radius 2 is 2.15 bits per heavy atom. The second kappa shape index (κ2) is 4.14. The number of nitrogen functional groups attached to an aromatic ring is 1. The first-order valence-corrected chi connectivity index (χ1v) is 4.34. The van der Waals surface area contributed by atoms with Gasteiger partial charge in [0.15, 0.2) is 0 Å². The highest BCUT2D eigenvalue weighted by Crippen LogP contribution is 2.23. The standard InChI is InChI=1S/C10H16N2O/c1-8-9(11)4-3-5-10(8)12(2)6-7-13/h3-5,13H,6-7,11H2,1-2H3. The molecule has 3 heteroatoms. The van der Waals surface area contributed by atoms with E-state index in [1.54, 1.807) is 0 Å². The Kier molecular flexibility index (Phi) is 3.14. The van der Waals surface area contributed by atoms with Gasteiger partial charge in [0.2, 0.25) is 0 Å². The molecule has 0 aromatic heterocycles. The van der Waals surface area contributed by atoms with Crippen molar-refractivity contribution in [2.24, 2.45) is 0 Å². The van der Waals surface area contributed by atoms with E-state index in [0.717, 1.165) is 16.9 Å². The van der Waals surface area contributed by atoms with E-state index >= 15 is 0 Å². The lowest BCUT2D eigenvalue weighted by atomic mass is 10.1. The molecule has 3 N–H and O–H groups in total. The van der Waals surface area contributed by atoms with Crippen molar-refractivity contribution in [2.45, 2.75) is 6.92 Å². The van der Waals surface area contributed by atoms with Crippen molar-refractivity contribution < 1.29 is 5.11 Å². The summed E-state index contributed by atoms with van der Waals surface area (Å²) in [5.41, 5.74) is 8.71. The Balaban J connectivity index is 2.93. The minimum atomic E-state index is 0.157. The Morgan fingerprint density at radius 1 is 1.46 bits per heavy atom. The van der Waals surface area contributed by atoms with Crippen molar-refractivity contribution in [3.8, 4) is 0 Å². The van der Waals surface area contributed by atoms with Crippen LogP contribution in [0.25, 0.3) is 0 Å². The average Bonchev–Trinajstić information content (AvgIpc) is 2.10. The molecule has 0 unspecified atom stereocenters. The van der Waals surface area contributed by atoms with Gasteiger partial charge in [0.1, 0.15) is 0 Å². The lowest BCUT2D eigenvalue weighted by Crippen LogP contribution is -2.22. The molecule has 0 radical (unpaired) electrons. The van der Waals surface area contributed by atoms with Gasteiger partial charge >= 0.3 is 0 Å². The first-order valence-electron chi connectivity index (χ1n) is 4.34. The van der Waals surface area contributed by atoms with Crippen LogP contribution in [0.4, 0.5) is 11.4 Å². The predicted molar refractivity (Wildman–Crippen MR) is 55.9 cm³/mol. The minimum Gasteiger partial charge on any atom is -0.398 e. The predicted octanol–water partition coefficient (Wildman–Crippen LogP) is 1.01. The third-order valence-electron chi connectivity index (χ3n) is 2.19. The van der Waals surface area contributed by atoms with Gasteiger partial charge in [-0.05, 0) is 24.6 Å². The molecular formula is C10H16N2O. The van der Waals surface area contributed by atoms with E-state index in [-0.39, 0.29) is 6.61 Å². The van der Waals surface area contributed by atoms with Gasteiger partial charge in [-0.25, -0.2) is 0 Å². The third kappa shape index (κ3) is 2.12. The van der Waals surface area contributed by atoms with Crippen LogP contribution < -0.4 is 10.6 Å². The molecule has 0 spiro atoms. The normalized spacial score (nSPS) is 10.1. The van der Waals surface area contributed by atoms with Crippen LogP contribution in [0.1, 0.15) is 5.56 Å². The number of hydrogen-bond acceptors (Lipinski definition) is 3. The topological polar surface area (TPSA) is 49.5 Å². The Hall–Kier alpha value is -1.22. The first kappa shape index (κ1) is 9.86. The lowest BCUT2D eigenvalue weighted by Gasteiger charge is -2.20. The fourth-order valence-corrected chi connectivity index (χ4v) is 1.32. The van der Waals surface area contributed by atoms with E-state index < -0.39 is 0 Å². The van der Waals surface area contributed by atoms with Crippen molar-refractivity contribution in [1.82, 2.24) is 0 Å². The van der Waals surface area contributed by atoms with Gasteiger partial charge in [0, 0.05) is 25.0 Å². The quantitative estimate of drug-likeness (QED) is 0.682. The first-order chi connectivity index (χ1) is 6.16. The van der Waals surface area contributed by atoms with Crippen LogP contribution in [-0.4, -0.2) is 25.3 Å². The summed E-state index contributed by atoms with van der Waals surface area (Å²) in [5.74, 6) is 0. The smallest absolute Gasteiger partial charge is 0.0606 e. The summed E-state index contributed by atoms with van der Waals surface area (Å²) in [6.07, 6.45) is 0. The molecule has 0 saturated heterocycles. The zero-order valence-electron chi connectivity index (χ0n) is 8.12. The molecule has 0 saturated carbocycles. The van der Waals surface area contributed by atoms with E-state index in [4.69, 9.17) is 10.8 Å². The van der Waals surface area contributed by atoms with Gasteiger partial charge in [-0.1, -0.05) is 6.07 Å². The molecule has 1 aromatic rings. The number of benzene rings is 1. The summed E-state index contributed by atoms with van der Waals surface area (Å²) in [7, 11) is 1.94. The van der Waals surface area contributed by atoms with Gasteiger partial charge in [0.25, 0.3) is 0 Å². The molecule has 13 heavy (non-hydrogen) atoms. The summed E-state index contributed by atoms with van der Waals surface area (Å²) in [4.78, 5) is 1.99. The maximum atomic E-state index is 8.79. The molecular weight excluding hydrogens is 164 g/mol. The average molecular weight is 180 g/mol. The summed E-state index contributed by atoms with van der Waals surface area (Å²) in [6.45, 7) is 2.77. The molecule has 0 bridgehead atoms. The highest BCUT2D eigenvalue weighted by molar-refractivity contribution is 5.63. The molecule has 3 nitrogen and oxygen atoms in total. The van der Waals surface area contributed by atoms with E-state index in [1.165, 1.54) is 0 Å². The fourth-order valence-electron chi connectivity index (χ4n) is 1.32. The Labute approximate surface area is 78.8 Å². The van der Waals surface area contributed by atoms with Crippen LogP contribution in [-0.2, 0) is 0 Å².